The Morgan fingerprint density at radius 2 is 1.85 bits per heavy atom. The van der Waals surface area contributed by atoms with Gasteiger partial charge in [-0.2, -0.15) is 4.31 Å². The van der Waals surface area contributed by atoms with Crippen LogP contribution in [0.3, 0.4) is 0 Å². The maximum atomic E-state index is 12.8. The second kappa shape index (κ2) is 9.31. The topological polar surface area (TPSA) is 49.9 Å². The molecule has 2 heterocycles. The summed E-state index contributed by atoms with van der Waals surface area (Å²) in [4.78, 5) is 2.90. The van der Waals surface area contributed by atoms with Gasteiger partial charge in [-0.05, 0) is 50.4 Å². The SMILES string of the molecule is CC.CCC1(C)CCCN1Cc1cccc(S(=O)(=O)N2CCOCC2)c1. The Morgan fingerprint density at radius 3 is 2.50 bits per heavy atom. The summed E-state index contributed by atoms with van der Waals surface area (Å²) in [6.07, 6.45) is 3.56. The molecule has 2 fully saturated rings. The van der Waals surface area contributed by atoms with E-state index >= 15 is 0 Å². The first-order valence-corrected chi connectivity index (χ1v) is 11.3. The van der Waals surface area contributed by atoms with Gasteiger partial charge in [0.15, 0.2) is 0 Å². The molecule has 5 nitrogen and oxygen atoms in total. The van der Waals surface area contributed by atoms with Crippen molar-refractivity contribution in [2.24, 2.45) is 0 Å². The molecule has 148 valence electrons. The van der Waals surface area contributed by atoms with Gasteiger partial charge in [0.2, 0.25) is 10.0 Å². The van der Waals surface area contributed by atoms with Crippen LogP contribution in [0.25, 0.3) is 0 Å². The molecule has 1 aromatic carbocycles. The van der Waals surface area contributed by atoms with Crippen LogP contribution >= 0.6 is 0 Å². The number of ether oxygens (including phenoxy) is 1. The van der Waals surface area contributed by atoms with Crippen molar-refractivity contribution in [2.45, 2.75) is 63.9 Å². The maximum Gasteiger partial charge on any atom is 0.243 e. The molecule has 1 atom stereocenters. The highest BCUT2D eigenvalue weighted by atomic mass is 32.2. The standard InChI is InChI=1S/C18H28N2O3S.C2H6/c1-3-18(2)8-5-9-19(18)15-16-6-4-7-17(14-16)24(21,22)20-10-12-23-13-11-20;1-2/h4,6-7,14H,3,5,8-13,15H2,1-2H3;1-2H3. The zero-order valence-electron chi connectivity index (χ0n) is 16.7. The van der Waals surface area contributed by atoms with Gasteiger partial charge in [0.25, 0.3) is 0 Å². The molecular formula is C20H34N2O3S. The molecule has 2 saturated heterocycles. The smallest absolute Gasteiger partial charge is 0.243 e. The Labute approximate surface area is 159 Å². The highest BCUT2D eigenvalue weighted by molar-refractivity contribution is 7.89. The quantitative estimate of drug-likeness (QED) is 0.782. The van der Waals surface area contributed by atoms with E-state index in [1.54, 1.807) is 6.07 Å². The Morgan fingerprint density at radius 1 is 1.15 bits per heavy atom. The van der Waals surface area contributed by atoms with E-state index in [1.807, 2.05) is 32.0 Å². The molecule has 0 N–H and O–H groups in total. The predicted molar refractivity (Wildman–Crippen MR) is 106 cm³/mol. The zero-order valence-corrected chi connectivity index (χ0v) is 17.5. The van der Waals surface area contributed by atoms with Crippen LogP contribution in [-0.4, -0.2) is 56.0 Å². The van der Waals surface area contributed by atoms with Crippen LogP contribution in [0.15, 0.2) is 29.2 Å². The minimum Gasteiger partial charge on any atom is -0.379 e. The number of sulfonamides is 1. The molecule has 1 unspecified atom stereocenters. The Balaban J connectivity index is 0.00000117. The van der Waals surface area contributed by atoms with Gasteiger partial charge in [-0.3, -0.25) is 4.90 Å². The summed E-state index contributed by atoms with van der Waals surface area (Å²) in [7, 11) is -3.42. The fraction of sp³-hybridized carbons (Fsp3) is 0.700. The number of nitrogens with zero attached hydrogens (tertiary/aromatic N) is 2. The highest BCUT2D eigenvalue weighted by Crippen LogP contribution is 2.33. The monoisotopic (exact) mass is 382 g/mol. The van der Waals surface area contributed by atoms with Gasteiger partial charge in [0.1, 0.15) is 0 Å². The summed E-state index contributed by atoms with van der Waals surface area (Å²) in [6, 6.07) is 7.45. The predicted octanol–water partition coefficient (Wildman–Crippen LogP) is 3.50. The van der Waals surface area contributed by atoms with E-state index in [-0.39, 0.29) is 5.54 Å². The molecular weight excluding hydrogens is 348 g/mol. The van der Waals surface area contributed by atoms with Crippen molar-refractivity contribution in [2.75, 3.05) is 32.8 Å². The number of morpholine rings is 1. The molecule has 26 heavy (non-hydrogen) atoms. The van der Waals surface area contributed by atoms with Gasteiger partial charge in [-0.1, -0.05) is 32.9 Å². The minimum absolute atomic E-state index is 0.235. The molecule has 0 aliphatic carbocycles. The summed E-state index contributed by atoms with van der Waals surface area (Å²) < 4.78 is 32.4. The third-order valence-corrected chi connectivity index (χ3v) is 7.44. The van der Waals surface area contributed by atoms with Crippen LogP contribution < -0.4 is 0 Å². The molecule has 2 aliphatic rings. The lowest BCUT2D eigenvalue weighted by atomic mass is 9.95. The first-order valence-electron chi connectivity index (χ1n) is 9.88. The van der Waals surface area contributed by atoms with Gasteiger partial charge >= 0.3 is 0 Å². The van der Waals surface area contributed by atoms with Crippen molar-refractivity contribution >= 4 is 10.0 Å². The van der Waals surface area contributed by atoms with Crippen LogP contribution in [0.5, 0.6) is 0 Å². The van der Waals surface area contributed by atoms with E-state index in [0.29, 0.717) is 31.2 Å². The molecule has 0 amide bonds. The van der Waals surface area contributed by atoms with Gasteiger partial charge in [0, 0.05) is 25.2 Å². The van der Waals surface area contributed by atoms with E-state index in [9.17, 15) is 8.42 Å². The molecule has 2 aliphatic heterocycles. The molecule has 0 radical (unpaired) electrons. The molecule has 0 spiro atoms. The summed E-state index contributed by atoms with van der Waals surface area (Å²) in [5.74, 6) is 0. The molecule has 0 bridgehead atoms. The van der Waals surface area contributed by atoms with Crippen molar-refractivity contribution in [3.63, 3.8) is 0 Å². The number of benzene rings is 1. The van der Waals surface area contributed by atoms with E-state index < -0.39 is 10.0 Å². The van der Waals surface area contributed by atoms with Crippen LogP contribution in [0.4, 0.5) is 0 Å². The van der Waals surface area contributed by atoms with Crippen molar-refractivity contribution in [3.05, 3.63) is 29.8 Å². The second-order valence-electron chi connectivity index (χ2n) is 7.04. The lowest BCUT2D eigenvalue weighted by Gasteiger charge is -2.34. The summed E-state index contributed by atoms with van der Waals surface area (Å²) >= 11 is 0. The number of rotatable bonds is 5. The van der Waals surface area contributed by atoms with Crippen LogP contribution in [-0.2, 0) is 21.3 Å². The summed E-state index contributed by atoms with van der Waals surface area (Å²) in [5.41, 5.74) is 1.31. The Hall–Kier alpha value is -0.950. The summed E-state index contributed by atoms with van der Waals surface area (Å²) in [5, 5.41) is 0. The first-order chi connectivity index (χ1) is 12.5. The largest absolute Gasteiger partial charge is 0.379 e. The van der Waals surface area contributed by atoms with E-state index in [0.717, 1.165) is 25.1 Å². The summed E-state index contributed by atoms with van der Waals surface area (Å²) in [6.45, 7) is 12.3. The van der Waals surface area contributed by atoms with Gasteiger partial charge in [0.05, 0.1) is 18.1 Å². The molecule has 6 heteroatoms. The third-order valence-electron chi connectivity index (χ3n) is 5.55. The molecule has 3 rings (SSSR count). The molecule has 0 aromatic heterocycles. The van der Waals surface area contributed by atoms with Gasteiger partial charge in [-0.15, -0.1) is 0 Å². The number of hydrogen-bond acceptors (Lipinski definition) is 4. The van der Waals surface area contributed by atoms with E-state index in [2.05, 4.69) is 18.7 Å². The zero-order chi connectivity index (χ0) is 19.2. The second-order valence-corrected chi connectivity index (χ2v) is 8.98. The average molecular weight is 383 g/mol. The lowest BCUT2D eigenvalue weighted by molar-refractivity contribution is 0.0730. The van der Waals surface area contributed by atoms with Gasteiger partial charge < -0.3 is 4.74 Å². The lowest BCUT2D eigenvalue weighted by Crippen LogP contribution is -2.41. The van der Waals surface area contributed by atoms with Crippen molar-refractivity contribution in [1.29, 1.82) is 0 Å². The van der Waals surface area contributed by atoms with Crippen molar-refractivity contribution < 1.29 is 13.2 Å². The molecule has 1 aromatic rings. The fourth-order valence-corrected chi connectivity index (χ4v) is 5.19. The van der Waals surface area contributed by atoms with E-state index in [4.69, 9.17) is 4.74 Å². The fourth-order valence-electron chi connectivity index (χ4n) is 3.71. The Kier molecular flexibility index (Phi) is 7.64. The number of likely N-dealkylation sites (tertiary alicyclic amines) is 1. The third kappa shape index (κ3) is 4.66. The van der Waals surface area contributed by atoms with Crippen LogP contribution in [0.1, 0.15) is 52.5 Å². The maximum absolute atomic E-state index is 12.8. The number of hydrogen-bond donors (Lipinski definition) is 0. The van der Waals surface area contributed by atoms with Crippen LogP contribution in [0.2, 0.25) is 0 Å². The first kappa shape index (κ1) is 21.4. The van der Waals surface area contributed by atoms with Crippen molar-refractivity contribution in [3.8, 4) is 0 Å². The van der Waals surface area contributed by atoms with Gasteiger partial charge in [-0.25, -0.2) is 8.42 Å². The Bertz CT molecular complexity index is 671. The minimum atomic E-state index is -3.42. The van der Waals surface area contributed by atoms with Crippen molar-refractivity contribution in [1.82, 2.24) is 9.21 Å². The average Bonchev–Trinajstić information content (AvgIpc) is 3.05. The highest BCUT2D eigenvalue weighted by Gasteiger charge is 2.34. The normalized spacial score (nSPS) is 24.9. The van der Waals surface area contributed by atoms with E-state index in [1.165, 1.54) is 17.1 Å². The van der Waals surface area contributed by atoms with Crippen LogP contribution in [0, 0.1) is 0 Å². The molecule has 0 saturated carbocycles.